The summed E-state index contributed by atoms with van der Waals surface area (Å²) >= 11 is 12.0. The third-order valence-corrected chi connectivity index (χ3v) is 5.04. The second kappa shape index (κ2) is 8.64. The molecule has 3 amide bonds. The number of hydrogen-bond acceptors (Lipinski definition) is 7. The van der Waals surface area contributed by atoms with Crippen LogP contribution in [0.2, 0.25) is 10.0 Å². The first-order valence-electron chi connectivity index (χ1n) is 9.12. The van der Waals surface area contributed by atoms with Gasteiger partial charge in [0.2, 0.25) is 0 Å². The Bertz CT molecular complexity index is 834. The summed E-state index contributed by atoms with van der Waals surface area (Å²) in [5, 5.41) is 16.8. The van der Waals surface area contributed by atoms with E-state index in [1.807, 2.05) is 13.8 Å². The second-order valence-electron chi connectivity index (χ2n) is 7.21. The fourth-order valence-electron chi connectivity index (χ4n) is 3.16. The number of aliphatic imine (C=N–C) groups is 1. The van der Waals surface area contributed by atoms with E-state index in [0.29, 0.717) is 21.8 Å². The first-order valence-corrected chi connectivity index (χ1v) is 9.87. The van der Waals surface area contributed by atoms with Crippen molar-refractivity contribution in [3.63, 3.8) is 0 Å². The average molecular weight is 444 g/mol. The maximum absolute atomic E-state index is 12.5. The van der Waals surface area contributed by atoms with Crippen molar-refractivity contribution in [1.29, 1.82) is 0 Å². The molecule has 0 aromatic heterocycles. The van der Waals surface area contributed by atoms with Crippen LogP contribution in [-0.2, 0) is 4.79 Å². The SMILES string of the molecule is CC(C)NC1=NC2C(C(=O)NC(=O)N2C)N1CC(O)COc1ccc(Cl)cc1Cl. The van der Waals surface area contributed by atoms with E-state index in [2.05, 4.69) is 15.6 Å². The van der Waals surface area contributed by atoms with Crippen molar-refractivity contribution in [2.45, 2.75) is 38.2 Å². The predicted molar refractivity (Wildman–Crippen MR) is 109 cm³/mol. The number of urea groups is 1. The van der Waals surface area contributed by atoms with Gasteiger partial charge in [-0.15, -0.1) is 0 Å². The van der Waals surface area contributed by atoms with Crippen LogP contribution in [0.15, 0.2) is 23.2 Å². The zero-order valence-corrected chi connectivity index (χ0v) is 17.7. The van der Waals surface area contributed by atoms with E-state index >= 15 is 0 Å². The van der Waals surface area contributed by atoms with Gasteiger partial charge in [0.05, 0.1) is 11.6 Å². The number of nitrogens with zero attached hydrogens (tertiary/aromatic N) is 3. The molecule has 1 saturated heterocycles. The van der Waals surface area contributed by atoms with Gasteiger partial charge < -0.3 is 25.0 Å². The number of ether oxygens (including phenoxy) is 1. The van der Waals surface area contributed by atoms with Crippen molar-refractivity contribution in [1.82, 2.24) is 20.4 Å². The number of aliphatic hydroxyl groups excluding tert-OH is 1. The van der Waals surface area contributed by atoms with Gasteiger partial charge in [-0.3, -0.25) is 10.1 Å². The van der Waals surface area contributed by atoms with Gasteiger partial charge >= 0.3 is 6.03 Å². The molecule has 1 aromatic carbocycles. The number of halogens is 2. The predicted octanol–water partition coefficient (Wildman–Crippen LogP) is 1.28. The number of β-amino-alcohol motifs (C(OH)–C–C–N with tert-alkyl or cyclic N) is 1. The molecule has 0 aliphatic carbocycles. The molecule has 2 aliphatic rings. The summed E-state index contributed by atoms with van der Waals surface area (Å²) in [4.78, 5) is 31.9. The summed E-state index contributed by atoms with van der Waals surface area (Å²) < 4.78 is 5.59. The largest absolute Gasteiger partial charge is 0.489 e. The molecule has 0 bridgehead atoms. The number of fused-ring (bicyclic) bond motifs is 1. The number of carbonyl (C=O) groups is 2. The summed E-state index contributed by atoms with van der Waals surface area (Å²) in [5.74, 6) is 0.371. The normalized spacial score (nSPS) is 22.4. The van der Waals surface area contributed by atoms with Crippen molar-refractivity contribution < 1.29 is 19.4 Å². The van der Waals surface area contributed by atoms with Gasteiger partial charge in [-0.2, -0.15) is 0 Å². The van der Waals surface area contributed by atoms with Gasteiger partial charge in [0.1, 0.15) is 18.5 Å². The van der Waals surface area contributed by atoms with Gasteiger partial charge in [0.25, 0.3) is 5.91 Å². The molecular formula is C18H23Cl2N5O4. The number of aliphatic hydroxyl groups is 1. The summed E-state index contributed by atoms with van der Waals surface area (Å²) in [6.07, 6.45) is -1.62. The standard InChI is InChI=1S/C18H23Cl2N5O4/c1-9(2)21-17-22-15-14(16(27)23-18(28)24(15)3)25(17)7-11(26)8-29-13-5-4-10(19)6-12(13)20/h4-6,9,11,14-15,26H,7-8H2,1-3H3,(H,21,22)(H,23,27,28). The minimum Gasteiger partial charge on any atom is -0.489 e. The summed E-state index contributed by atoms with van der Waals surface area (Å²) in [7, 11) is 1.57. The number of hydrogen-bond donors (Lipinski definition) is 3. The van der Waals surface area contributed by atoms with E-state index in [4.69, 9.17) is 27.9 Å². The topological polar surface area (TPSA) is 106 Å². The lowest BCUT2D eigenvalue weighted by atomic mass is 10.1. The van der Waals surface area contributed by atoms with Gasteiger partial charge in [0, 0.05) is 18.1 Å². The molecule has 0 radical (unpaired) electrons. The number of likely N-dealkylation sites (N-methyl/N-ethyl adjacent to an activating group) is 1. The number of rotatable bonds is 6. The number of imide groups is 1. The molecule has 1 aromatic rings. The van der Waals surface area contributed by atoms with Crippen LogP contribution in [-0.4, -0.2) is 77.4 Å². The lowest BCUT2D eigenvalue weighted by Gasteiger charge is -2.37. The quantitative estimate of drug-likeness (QED) is 0.611. The van der Waals surface area contributed by atoms with Crippen LogP contribution >= 0.6 is 23.2 Å². The van der Waals surface area contributed by atoms with Crippen LogP contribution in [0.3, 0.4) is 0 Å². The molecule has 11 heteroatoms. The minimum atomic E-state index is -0.949. The molecule has 3 unspecified atom stereocenters. The molecule has 2 heterocycles. The van der Waals surface area contributed by atoms with Crippen molar-refractivity contribution in [3.8, 4) is 5.75 Å². The Morgan fingerprint density at radius 2 is 2.07 bits per heavy atom. The highest BCUT2D eigenvalue weighted by Crippen LogP contribution is 2.28. The van der Waals surface area contributed by atoms with E-state index in [0.717, 1.165) is 0 Å². The molecule has 29 heavy (non-hydrogen) atoms. The Morgan fingerprint density at radius 3 is 2.72 bits per heavy atom. The highest BCUT2D eigenvalue weighted by molar-refractivity contribution is 6.35. The average Bonchev–Trinajstić information content (AvgIpc) is 2.97. The molecule has 3 atom stereocenters. The van der Waals surface area contributed by atoms with E-state index in [1.54, 1.807) is 30.1 Å². The monoisotopic (exact) mass is 443 g/mol. The molecule has 158 valence electrons. The fourth-order valence-corrected chi connectivity index (χ4v) is 3.63. The van der Waals surface area contributed by atoms with E-state index < -0.39 is 30.2 Å². The number of amides is 3. The van der Waals surface area contributed by atoms with Crippen LogP contribution < -0.4 is 15.4 Å². The van der Waals surface area contributed by atoms with E-state index in [-0.39, 0.29) is 19.2 Å². The number of benzene rings is 1. The summed E-state index contributed by atoms with van der Waals surface area (Å²) in [6.45, 7) is 3.88. The van der Waals surface area contributed by atoms with Crippen molar-refractivity contribution >= 4 is 41.1 Å². The van der Waals surface area contributed by atoms with Gasteiger partial charge in [-0.1, -0.05) is 23.2 Å². The summed E-state index contributed by atoms with van der Waals surface area (Å²) in [6, 6.07) is 3.59. The highest BCUT2D eigenvalue weighted by Gasteiger charge is 2.49. The Balaban J connectivity index is 1.71. The smallest absolute Gasteiger partial charge is 0.325 e. The van der Waals surface area contributed by atoms with E-state index in [9.17, 15) is 14.7 Å². The molecule has 2 aliphatic heterocycles. The second-order valence-corrected chi connectivity index (χ2v) is 8.05. The first kappa shape index (κ1) is 21.5. The first-order chi connectivity index (χ1) is 13.7. The van der Waals surface area contributed by atoms with Crippen LogP contribution in [0.4, 0.5) is 4.79 Å². The third kappa shape index (κ3) is 4.68. The molecule has 9 nitrogen and oxygen atoms in total. The molecule has 0 saturated carbocycles. The maximum Gasteiger partial charge on any atom is 0.325 e. The Morgan fingerprint density at radius 1 is 1.34 bits per heavy atom. The van der Waals surface area contributed by atoms with Crippen molar-refractivity contribution in [3.05, 3.63) is 28.2 Å². The van der Waals surface area contributed by atoms with Gasteiger partial charge in [-0.25, -0.2) is 9.79 Å². The van der Waals surface area contributed by atoms with Gasteiger partial charge in [-0.05, 0) is 32.0 Å². The fraction of sp³-hybridized carbons (Fsp3) is 0.500. The number of carbonyl (C=O) groups excluding carboxylic acids is 2. The molecule has 1 fully saturated rings. The lowest BCUT2D eigenvalue weighted by Crippen LogP contribution is -2.65. The zero-order valence-electron chi connectivity index (χ0n) is 16.2. The highest BCUT2D eigenvalue weighted by atomic mass is 35.5. The van der Waals surface area contributed by atoms with Crippen LogP contribution in [0.5, 0.6) is 5.75 Å². The molecule has 3 N–H and O–H groups in total. The van der Waals surface area contributed by atoms with Gasteiger partial charge in [0.15, 0.2) is 18.2 Å². The Labute approximate surface area is 178 Å². The lowest BCUT2D eigenvalue weighted by molar-refractivity contribution is -0.127. The maximum atomic E-state index is 12.5. The van der Waals surface area contributed by atoms with Crippen LogP contribution in [0, 0.1) is 0 Å². The minimum absolute atomic E-state index is 0.0433. The molecular weight excluding hydrogens is 421 g/mol. The Hall–Kier alpha value is -2.23. The van der Waals surface area contributed by atoms with Crippen LogP contribution in [0.25, 0.3) is 0 Å². The zero-order chi connectivity index (χ0) is 21.3. The number of guanidine groups is 1. The molecule has 0 spiro atoms. The summed E-state index contributed by atoms with van der Waals surface area (Å²) in [5.41, 5.74) is 0. The van der Waals surface area contributed by atoms with E-state index in [1.165, 1.54) is 4.90 Å². The molecule has 3 rings (SSSR count). The van der Waals surface area contributed by atoms with Crippen molar-refractivity contribution in [2.75, 3.05) is 20.2 Å². The Kier molecular flexibility index (Phi) is 6.40. The van der Waals surface area contributed by atoms with Crippen molar-refractivity contribution in [2.24, 2.45) is 4.99 Å². The third-order valence-electron chi connectivity index (χ3n) is 4.51. The number of nitrogens with one attached hydrogen (secondary N) is 2. The van der Waals surface area contributed by atoms with Crippen LogP contribution in [0.1, 0.15) is 13.8 Å².